The van der Waals surface area contributed by atoms with Gasteiger partial charge in [-0.3, -0.25) is 0 Å². The first-order valence-electron chi connectivity index (χ1n) is 9.50. The number of hydrogen-bond donors (Lipinski definition) is 0. The third-order valence-electron chi connectivity index (χ3n) is 6.72. The van der Waals surface area contributed by atoms with Crippen molar-refractivity contribution >= 4 is 30.9 Å². The van der Waals surface area contributed by atoms with E-state index in [9.17, 15) is 0 Å². The Kier molecular flexibility index (Phi) is 5.24. The highest BCUT2D eigenvalue weighted by Gasteiger charge is 2.51. The fourth-order valence-electron chi connectivity index (χ4n) is 3.87. The first-order valence-corrected chi connectivity index (χ1v) is 13.9. The Bertz CT molecular complexity index is 648. The normalized spacial score (nSPS) is 28.6. The fraction of sp³-hybridized carbons (Fsp3) is 0.714. The predicted octanol–water partition coefficient (Wildman–Crippen LogP) is 6.60. The van der Waals surface area contributed by atoms with Crippen LogP contribution in [0.4, 0.5) is 0 Å². The Morgan fingerprint density at radius 1 is 1.24 bits per heavy atom. The summed E-state index contributed by atoms with van der Waals surface area (Å²) in [5.41, 5.74) is 4.54. The lowest BCUT2D eigenvalue weighted by atomic mass is 9.72. The molecule has 1 aliphatic heterocycles. The zero-order chi connectivity index (χ0) is 18.6. The standard InChI is InChI=1S/C21H33IO2Si/c1-20(2,3)25(6,7)24-17-12-11-14-15(17)9-8-10-16(14)19-21(4,5)18(13-22)23-19/h8-10,17-19H,11-13H2,1-7H3. The van der Waals surface area contributed by atoms with Crippen LogP contribution < -0.4 is 0 Å². The summed E-state index contributed by atoms with van der Waals surface area (Å²) in [6.07, 6.45) is 3.10. The smallest absolute Gasteiger partial charge is 0.192 e. The van der Waals surface area contributed by atoms with Gasteiger partial charge >= 0.3 is 0 Å². The summed E-state index contributed by atoms with van der Waals surface area (Å²) < 4.78 is 14.1. The second-order valence-corrected chi connectivity index (χ2v) is 15.4. The van der Waals surface area contributed by atoms with Gasteiger partial charge in [-0.05, 0) is 47.7 Å². The van der Waals surface area contributed by atoms with Crippen LogP contribution in [-0.2, 0) is 15.6 Å². The van der Waals surface area contributed by atoms with Crippen molar-refractivity contribution in [3.05, 3.63) is 34.9 Å². The van der Waals surface area contributed by atoms with Crippen molar-refractivity contribution in [1.82, 2.24) is 0 Å². The molecule has 1 aromatic carbocycles. The molecule has 1 heterocycles. The van der Waals surface area contributed by atoms with Crippen LogP contribution in [0.3, 0.4) is 0 Å². The van der Waals surface area contributed by atoms with E-state index < -0.39 is 8.32 Å². The molecule has 0 radical (unpaired) electrons. The van der Waals surface area contributed by atoms with Crippen LogP contribution in [0.25, 0.3) is 0 Å². The van der Waals surface area contributed by atoms with Gasteiger partial charge in [0.05, 0.1) is 18.3 Å². The molecule has 0 N–H and O–H groups in total. The van der Waals surface area contributed by atoms with E-state index in [1.54, 1.807) is 0 Å². The number of rotatable bonds is 4. The second-order valence-electron chi connectivity index (χ2n) is 9.80. The summed E-state index contributed by atoms with van der Waals surface area (Å²) >= 11 is 2.44. The number of ether oxygens (including phenoxy) is 1. The molecule has 0 bridgehead atoms. The van der Waals surface area contributed by atoms with Gasteiger partial charge in [-0.25, -0.2) is 0 Å². The molecule has 0 spiro atoms. The molecule has 4 heteroatoms. The molecule has 140 valence electrons. The Balaban J connectivity index is 1.86. The van der Waals surface area contributed by atoms with E-state index in [2.05, 4.69) is 88.5 Å². The van der Waals surface area contributed by atoms with Gasteiger partial charge in [0, 0.05) is 9.84 Å². The van der Waals surface area contributed by atoms with Gasteiger partial charge in [-0.2, -0.15) is 0 Å². The minimum absolute atomic E-state index is 0.217. The maximum absolute atomic E-state index is 6.77. The summed E-state index contributed by atoms with van der Waals surface area (Å²) in [6, 6.07) is 6.77. The molecule has 1 saturated heterocycles. The average molecular weight is 472 g/mol. The summed E-state index contributed by atoms with van der Waals surface area (Å²) in [7, 11) is -1.75. The Morgan fingerprint density at radius 2 is 1.88 bits per heavy atom. The van der Waals surface area contributed by atoms with Gasteiger partial charge in [0.25, 0.3) is 0 Å². The first kappa shape index (κ1) is 19.8. The quantitative estimate of drug-likeness (QED) is 0.279. The van der Waals surface area contributed by atoms with Crippen molar-refractivity contribution in [2.24, 2.45) is 5.41 Å². The molecule has 2 aliphatic rings. The average Bonchev–Trinajstić information content (AvgIpc) is 2.89. The molecule has 1 aromatic rings. The maximum atomic E-state index is 6.77. The molecular formula is C21H33IO2Si. The highest BCUT2D eigenvalue weighted by atomic mass is 127. The molecule has 0 saturated carbocycles. The van der Waals surface area contributed by atoms with E-state index in [0.29, 0.717) is 6.10 Å². The molecule has 3 atom stereocenters. The number of benzene rings is 1. The molecule has 2 nitrogen and oxygen atoms in total. The summed E-state index contributed by atoms with van der Waals surface area (Å²) in [5, 5.41) is 0.250. The molecule has 1 fully saturated rings. The van der Waals surface area contributed by atoms with Crippen molar-refractivity contribution in [1.29, 1.82) is 0 Å². The largest absolute Gasteiger partial charge is 0.410 e. The molecule has 3 unspecified atom stereocenters. The minimum Gasteiger partial charge on any atom is -0.410 e. The van der Waals surface area contributed by atoms with E-state index in [4.69, 9.17) is 9.16 Å². The monoisotopic (exact) mass is 472 g/mol. The van der Waals surface area contributed by atoms with Gasteiger partial charge in [-0.15, -0.1) is 0 Å². The minimum atomic E-state index is -1.75. The molecule has 0 amide bonds. The van der Waals surface area contributed by atoms with Gasteiger partial charge in [0.2, 0.25) is 0 Å². The second kappa shape index (κ2) is 6.61. The van der Waals surface area contributed by atoms with Gasteiger partial charge in [0.15, 0.2) is 8.32 Å². The van der Waals surface area contributed by atoms with Crippen molar-refractivity contribution < 1.29 is 9.16 Å². The number of fused-ring (bicyclic) bond motifs is 1. The number of alkyl halides is 1. The van der Waals surface area contributed by atoms with Crippen molar-refractivity contribution in [3.8, 4) is 0 Å². The molecule has 25 heavy (non-hydrogen) atoms. The topological polar surface area (TPSA) is 18.5 Å². The zero-order valence-corrected chi connectivity index (χ0v) is 19.9. The van der Waals surface area contributed by atoms with Crippen molar-refractivity contribution in [2.45, 2.75) is 83.9 Å². The van der Waals surface area contributed by atoms with E-state index >= 15 is 0 Å². The third-order valence-corrected chi connectivity index (χ3v) is 12.0. The lowest BCUT2D eigenvalue weighted by molar-refractivity contribution is -0.226. The van der Waals surface area contributed by atoms with Crippen molar-refractivity contribution in [2.75, 3.05) is 4.43 Å². The molecule has 3 rings (SSSR count). The zero-order valence-electron chi connectivity index (χ0n) is 16.8. The molecular weight excluding hydrogens is 439 g/mol. The first-order chi connectivity index (χ1) is 11.5. The Morgan fingerprint density at radius 3 is 2.44 bits per heavy atom. The van der Waals surface area contributed by atoms with Crippen LogP contribution in [-0.4, -0.2) is 18.8 Å². The van der Waals surface area contributed by atoms with Gasteiger partial charge in [-0.1, -0.05) is 75.4 Å². The summed E-state index contributed by atoms with van der Waals surface area (Å²) in [6.45, 7) is 16.4. The maximum Gasteiger partial charge on any atom is 0.192 e. The van der Waals surface area contributed by atoms with Gasteiger partial charge < -0.3 is 9.16 Å². The van der Waals surface area contributed by atoms with E-state index in [1.165, 1.54) is 16.7 Å². The van der Waals surface area contributed by atoms with Crippen LogP contribution in [0.2, 0.25) is 18.1 Å². The van der Waals surface area contributed by atoms with E-state index in [1.807, 2.05) is 0 Å². The lowest BCUT2D eigenvalue weighted by Gasteiger charge is -2.52. The highest BCUT2D eigenvalue weighted by Crippen LogP contribution is 2.54. The Labute approximate surface area is 168 Å². The van der Waals surface area contributed by atoms with Crippen LogP contribution in [0.15, 0.2) is 18.2 Å². The molecule has 1 aliphatic carbocycles. The Hall–Kier alpha value is 0.0869. The summed E-state index contributed by atoms with van der Waals surface area (Å²) in [4.78, 5) is 0. The van der Waals surface area contributed by atoms with Crippen molar-refractivity contribution in [3.63, 3.8) is 0 Å². The number of hydrogen-bond acceptors (Lipinski definition) is 2. The van der Waals surface area contributed by atoms with Gasteiger partial charge in [0.1, 0.15) is 0 Å². The fourth-order valence-corrected chi connectivity index (χ4v) is 6.52. The van der Waals surface area contributed by atoms with Crippen LogP contribution in [0.5, 0.6) is 0 Å². The van der Waals surface area contributed by atoms with E-state index in [-0.39, 0.29) is 22.7 Å². The van der Waals surface area contributed by atoms with Crippen LogP contribution in [0.1, 0.15) is 69.9 Å². The SMILES string of the molecule is CC1(C)C(CI)OC1c1cccc2c1CCC2O[Si](C)(C)C(C)(C)C. The third kappa shape index (κ3) is 3.37. The van der Waals surface area contributed by atoms with Crippen LogP contribution in [0, 0.1) is 5.41 Å². The van der Waals surface area contributed by atoms with Crippen LogP contribution >= 0.6 is 22.6 Å². The number of halogens is 1. The van der Waals surface area contributed by atoms with E-state index in [0.717, 1.165) is 17.3 Å². The summed E-state index contributed by atoms with van der Waals surface area (Å²) in [5.74, 6) is 0. The molecule has 0 aromatic heterocycles. The highest BCUT2D eigenvalue weighted by molar-refractivity contribution is 14.1. The predicted molar refractivity (Wildman–Crippen MR) is 116 cm³/mol. The lowest BCUT2D eigenvalue weighted by Crippen LogP contribution is -2.51.